The minimum atomic E-state index is -0.416. The first-order valence-corrected chi connectivity index (χ1v) is 5.10. The molecule has 0 bridgehead atoms. The average molecular weight is 200 g/mol. The summed E-state index contributed by atoms with van der Waals surface area (Å²) in [5, 5.41) is 3.13. The largest absolute Gasteiger partial charge is 0.459 e. The Kier molecular flexibility index (Phi) is 3.50. The van der Waals surface area contributed by atoms with Crippen LogP contribution in [0.3, 0.4) is 0 Å². The Bertz CT molecular complexity index is 211. The third-order valence-electron chi connectivity index (χ3n) is 2.31. The molecule has 3 N–H and O–H groups in total. The highest BCUT2D eigenvalue weighted by Gasteiger charge is 2.34. The Balaban J connectivity index is 2.52. The topological polar surface area (TPSA) is 64.3 Å². The lowest BCUT2D eigenvalue weighted by molar-refractivity contribution is -0.158. The summed E-state index contributed by atoms with van der Waals surface area (Å²) in [4.78, 5) is 11.7. The van der Waals surface area contributed by atoms with E-state index in [0.29, 0.717) is 6.54 Å². The van der Waals surface area contributed by atoms with Crippen molar-refractivity contribution in [2.45, 2.75) is 38.8 Å². The van der Waals surface area contributed by atoms with Gasteiger partial charge in [0.15, 0.2) is 0 Å². The van der Waals surface area contributed by atoms with Gasteiger partial charge in [-0.15, -0.1) is 0 Å². The van der Waals surface area contributed by atoms with E-state index in [1.807, 2.05) is 20.8 Å². The number of carbonyl (C=O) groups excluding carboxylic acids is 1. The summed E-state index contributed by atoms with van der Waals surface area (Å²) in [6.07, 6.45) is 0.959. The van der Waals surface area contributed by atoms with Crippen LogP contribution in [0.1, 0.15) is 27.2 Å². The molecule has 2 atom stereocenters. The summed E-state index contributed by atoms with van der Waals surface area (Å²) in [6.45, 7) is 7.01. The van der Waals surface area contributed by atoms with E-state index in [1.165, 1.54) is 0 Å². The first-order chi connectivity index (χ1) is 6.44. The molecule has 0 aromatic rings. The lowest BCUT2D eigenvalue weighted by atomic mass is 10.0. The second kappa shape index (κ2) is 4.28. The Morgan fingerprint density at radius 3 is 2.71 bits per heavy atom. The molecular weight excluding hydrogens is 180 g/mol. The van der Waals surface area contributed by atoms with Crippen molar-refractivity contribution < 1.29 is 9.53 Å². The van der Waals surface area contributed by atoms with Crippen LogP contribution >= 0.6 is 0 Å². The highest BCUT2D eigenvalue weighted by molar-refractivity contribution is 5.77. The highest BCUT2D eigenvalue weighted by atomic mass is 16.6. The van der Waals surface area contributed by atoms with Crippen molar-refractivity contribution in [3.63, 3.8) is 0 Å². The maximum Gasteiger partial charge on any atom is 0.323 e. The maximum atomic E-state index is 11.7. The van der Waals surface area contributed by atoms with Gasteiger partial charge in [0.05, 0.1) is 0 Å². The van der Waals surface area contributed by atoms with Gasteiger partial charge in [0.2, 0.25) is 0 Å². The Morgan fingerprint density at radius 2 is 2.21 bits per heavy atom. The minimum absolute atomic E-state index is 0.176. The fraction of sp³-hybridized carbons (Fsp3) is 0.900. The number of ether oxygens (including phenoxy) is 1. The molecular formula is C10H20N2O2. The summed E-state index contributed by atoms with van der Waals surface area (Å²) >= 11 is 0. The summed E-state index contributed by atoms with van der Waals surface area (Å²) in [5.41, 5.74) is 5.16. The third kappa shape index (κ3) is 2.96. The van der Waals surface area contributed by atoms with Crippen LogP contribution in [0.2, 0.25) is 0 Å². The van der Waals surface area contributed by atoms with Crippen LogP contribution in [0.25, 0.3) is 0 Å². The molecule has 4 nitrogen and oxygen atoms in total. The van der Waals surface area contributed by atoms with Crippen molar-refractivity contribution in [3.8, 4) is 0 Å². The summed E-state index contributed by atoms with van der Waals surface area (Å²) in [7, 11) is 0. The van der Waals surface area contributed by atoms with Crippen molar-refractivity contribution in [1.29, 1.82) is 0 Å². The van der Waals surface area contributed by atoms with Crippen LogP contribution in [-0.4, -0.2) is 30.7 Å². The van der Waals surface area contributed by atoms with Gasteiger partial charge in [-0.2, -0.15) is 0 Å². The van der Waals surface area contributed by atoms with Crippen LogP contribution in [-0.2, 0) is 9.53 Å². The van der Waals surface area contributed by atoms with Gasteiger partial charge in [-0.25, -0.2) is 0 Å². The molecule has 0 aliphatic carbocycles. The zero-order valence-electron chi connectivity index (χ0n) is 9.17. The number of nitrogens with one attached hydrogen (secondary N) is 1. The summed E-state index contributed by atoms with van der Waals surface area (Å²) in [6, 6.07) is -0.209. The molecule has 1 rings (SSSR count). The van der Waals surface area contributed by atoms with Gasteiger partial charge in [0.25, 0.3) is 0 Å². The highest BCUT2D eigenvalue weighted by Crippen LogP contribution is 2.18. The van der Waals surface area contributed by atoms with Gasteiger partial charge in [0.1, 0.15) is 11.6 Å². The smallest absolute Gasteiger partial charge is 0.323 e. The predicted molar refractivity (Wildman–Crippen MR) is 54.8 cm³/mol. The Hall–Kier alpha value is -0.610. The molecule has 0 aromatic carbocycles. The fourth-order valence-electron chi connectivity index (χ4n) is 1.65. The summed E-state index contributed by atoms with van der Waals surface area (Å²) in [5.74, 6) is 0.0512. The van der Waals surface area contributed by atoms with Crippen LogP contribution in [0.15, 0.2) is 0 Å². The number of esters is 1. The van der Waals surface area contributed by atoms with E-state index < -0.39 is 5.60 Å². The maximum absolute atomic E-state index is 11.7. The van der Waals surface area contributed by atoms with Crippen LogP contribution < -0.4 is 11.1 Å². The minimum Gasteiger partial charge on any atom is -0.459 e. The molecule has 2 unspecified atom stereocenters. The Labute approximate surface area is 85.2 Å². The summed E-state index contributed by atoms with van der Waals surface area (Å²) < 4.78 is 5.30. The fourth-order valence-corrected chi connectivity index (χ4v) is 1.65. The van der Waals surface area contributed by atoms with Gasteiger partial charge < -0.3 is 15.8 Å². The van der Waals surface area contributed by atoms with Crippen LogP contribution in [0.4, 0.5) is 0 Å². The molecule has 1 aliphatic rings. The van der Waals surface area contributed by atoms with E-state index in [1.54, 1.807) is 0 Å². The van der Waals surface area contributed by atoms with Crippen LogP contribution in [0.5, 0.6) is 0 Å². The molecule has 1 heterocycles. The van der Waals surface area contributed by atoms with Crippen molar-refractivity contribution >= 4 is 5.97 Å². The van der Waals surface area contributed by atoms with E-state index in [4.69, 9.17) is 10.5 Å². The number of hydrogen-bond acceptors (Lipinski definition) is 4. The molecule has 0 aromatic heterocycles. The van der Waals surface area contributed by atoms with Gasteiger partial charge in [-0.05, 0) is 46.2 Å². The average Bonchev–Trinajstić information content (AvgIpc) is 2.47. The second-order valence-electron chi connectivity index (χ2n) is 4.75. The first kappa shape index (κ1) is 11.5. The molecule has 4 heteroatoms. The van der Waals surface area contributed by atoms with E-state index in [9.17, 15) is 4.79 Å². The number of nitrogens with two attached hydrogens (primary N) is 1. The quantitative estimate of drug-likeness (QED) is 0.628. The molecule has 0 spiro atoms. The third-order valence-corrected chi connectivity index (χ3v) is 2.31. The van der Waals surface area contributed by atoms with E-state index in [2.05, 4.69) is 5.32 Å². The van der Waals surface area contributed by atoms with Gasteiger partial charge in [-0.1, -0.05) is 0 Å². The molecule has 82 valence electrons. The van der Waals surface area contributed by atoms with E-state index in [-0.39, 0.29) is 17.9 Å². The lowest BCUT2D eigenvalue weighted by Crippen LogP contribution is -2.42. The van der Waals surface area contributed by atoms with Crippen molar-refractivity contribution in [2.75, 3.05) is 13.1 Å². The second-order valence-corrected chi connectivity index (χ2v) is 4.75. The zero-order chi connectivity index (χ0) is 10.8. The Morgan fingerprint density at radius 1 is 1.57 bits per heavy atom. The zero-order valence-corrected chi connectivity index (χ0v) is 9.17. The molecule has 1 fully saturated rings. The SMILES string of the molecule is CC(C)(C)OC(=O)C1NCCC1CN. The molecule has 0 radical (unpaired) electrons. The monoisotopic (exact) mass is 200 g/mol. The first-order valence-electron chi connectivity index (χ1n) is 5.10. The lowest BCUT2D eigenvalue weighted by Gasteiger charge is -2.24. The predicted octanol–water partition coefficient (Wildman–Crippen LogP) is 0.265. The number of hydrogen-bond donors (Lipinski definition) is 2. The molecule has 0 saturated carbocycles. The van der Waals surface area contributed by atoms with Crippen molar-refractivity contribution in [3.05, 3.63) is 0 Å². The molecule has 14 heavy (non-hydrogen) atoms. The van der Waals surface area contributed by atoms with Gasteiger partial charge >= 0.3 is 5.97 Å². The van der Waals surface area contributed by atoms with Crippen molar-refractivity contribution in [2.24, 2.45) is 11.7 Å². The normalized spacial score (nSPS) is 27.7. The van der Waals surface area contributed by atoms with Crippen LogP contribution in [0, 0.1) is 5.92 Å². The standard InChI is InChI=1S/C10H20N2O2/c1-10(2,3)14-9(13)8-7(6-11)4-5-12-8/h7-8,12H,4-6,11H2,1-3H3. The van der Waals surface area contributed by atoms with E-state index in [0.717, 1.165) is 13.0 Å². The van der Waals surface area contributed by atoms with Gasteiger partial charge in [0, 0.05) is 0 Å². The molecule has 0 amide bonds. The van der Waals surface area contributed by atoms with Crippen molar-refractivity contribution in [1.82, 2.24) is 5.32 Å². The number of carbonyl (C=O) groups is 1. The van der Waals surface area contributed by atoms with E-state index >= 15 is 0 Å². The number of rotatable bonds is 2. The van der Waals surface area contributed by atoms with Gasteiger partial charge in [-0.3, -0.25) is 4.79 Å². The molecule has 1 aliphatic heterocycles. The molecule has 1 saturated heterocycles.